The molecule has 0 aliphatic heterocycles. The molecule has 0 fully saturated rings. The smallest absolute Gasteiger partial charge is 0.303 e. The van der Waals surface area contributed by atoms with Crippen molar-refractivity contribution < 1.29 is 9.90 Å². The summed E-state index contributed by atoms with van der Waals surface area (Å²) in [6, 6.07) is 2.09. The summed E-state index contributed by atoms with van der Waals surface area (Å²) in [6.07, 6.45) is 0.219. The van der Waals surface area contributed by atoms with Crippen LogP contribution in [0.4, 0.5) is 0 Å². The van der Waals surface area contributed by atoms with Crippen molar-refractivity contribution in [3.63, 3.8) is 0 Å². The Balaban J connectivity index is 2.81. The minimum absolute atomic E-state index is 0.127. The molecule has 1 aromatic rings. The summed E-state index contributed by atoms with van der Waals surface area (Å²) < 4.78 is 0. The highest BCUT2D eigenvalue weighted by Crippen LogP contribution is 2.29. The van der Waals surface area contributed by atoms with Crippen molar-refractivity contribution in [2.75, 3.05) is 0 Å². The number of rotatable bonds is 3. The highest BCUT2D eigenvalue weighted by atomic mass is 32.1. The third-order valence-electron chi connectivity index (χ3n) is 2.09. The Labute approximate surface area is 82.2 Å². The summed E-state index contributed by atoms with van der Waals surface area (Å²) in [6.45, 7) is 6.06. The van der Waals surface area contributed by atoms with Crippen molar-refractivity contribution in [3.05, 3.63) is 21.4 Å². The van der Waals surface area contributed by atoms with E-state index >= 15 is 0 Å². The van der Waals surface area contributed by atoms with E-state index in [4.69, 9.17) is 5.11 Å². The van der Waals surface area contributed by atoms with Gasteiger partial charge in [-0.3, -0.25) is 4.79 Å². The largest absolute Gasteiger partial charge is 0.481 e. The quantitative estimate of drug-likeness (QED) is 0.810. The Kier molecular flexibility index (Phi) is 3.09. The maximum Gasteiger partial charge on any atom is 0.303 e. The van der Waals surface area contributed by atoms with Gasteiger partial charge >= 0.3 is 5.97 Å². The van der Waals surface area contributed by atoms with Gasteiger partial charge < -0.3 is 5.11 Å². The molecule has 0 saturated heterocycles. The lowest BCUT2D eigenvalue weighted by Gasteiger charge is -2.07. The van der Waals surface area contributed by atoms with Crippen LogP contribution in [0, 0.1) is 13.8 Å². The number of hydrogen-bond acceptors (Lipinski definition) is 2. The summed E-state index contributed by atoms with van der Waals surface area (Å²) in [5, 5.41) is 8.65. The maximum atomic E-state index is 10.5. The first-order valence-electron chi connectivity index (χ1n) is 4.29. The average molecular weight is 198 g/mol. The monoisotopic (exact) mass is 198 g/mol. The fourth-order valence-electron chi connectivity index (χ4n) is 1.51. The first kappa shape index (κ1) is 10.3. The third-order valence-corrected chi connectivity index (χ3v) is 3.07. The molecule has 0 aliphatic carbocycles. The van der Waals surface area contributed by atoms with E-state index in [2.05, 4.69) is 13.0 Å². The van der Waals surface area contributed by atoms with Crippen LogP contribution in [0.1, 0.15) is 34.6 Å². The number of carboxylic acids is 1. The van der Waals surface area contributed by atoms with Gasteiger partial charge in [0.15, 0.2) is 0 Å². The molecule has 0 aromatic carbocycles. The summed E-state index contributed by atoms with van der Waals surface area (Å²) in [5.41, 5.74) is 1.19. The second-order valence-electron chi connectivity index (χ2n) is 3.37. The average Bonchev–Trinajstić information content (AvgIpc) is 2.28. The van der Waals surface area contributed by atoms with Gasteiger partial charge in [0.2, 0.25) is 0 Å². The summed E-state index contributed by atoms with van der Waals surface area (Å²) in [4.78, 5) is 13.0. The van der Waals surface area contributed by atoms with Gasteiger partial charge in [0, 0.05) is 9.75 Å². The molecule has 0 radical (unpaired) electrons. The van der Waals surface area contributed by atoms with Crippen molar-refractivity contribution in [1.82, 2.24) is 0 Å². The van der Waals surface area contributed by atoms with E-state index in [1.807, 2.05) is 13.8 Å². The van der Waals surface area contributed by atoms with E-state index in [1.165, 1.54) is 15.3 Å². The zero-order chi connectivity index (χ0) is 10.0. The lowest BCUT2D eigenvalue weighted by molar-refractivity contribution is -0.137. The number of hydrogen-bond donors (Lipinski definition) is 1. The Morgan fingerprint density at radius 3 is 2.62 bits per heavy atom. The second-order valence-corrected chi connectivity index (χ2v) is 4.83. The molecule has 0 aliphatic rings. The van der Waals surface area contributed by atoms with Crippen LogP contribution in [0.15, 0.2) is 6.07 Å². The van der Waals surface area contributed by atoms with Gasteiger partial charge in [0.1, 0.15) is 0 Å². The van der Waals surface area contributed by atoms with E-state index < -0.39 is 5.97 Å². The molecule has 1 atom stereocenters. The number of carboxylic acid groups (broad SMARTS) is 1. The Morgan fingerprint density at radius 2 is 2.23 bits per heavy atom. The zero-order valence-electron chi connectivity index (χ0n) is 8.13. The van der Waals surface area contributed by atoms with E-state index in [9.17, 15) is 4.79 Å². The van der Waals surface area contributed by atoms with Crippen molar-refractivity contribution in [2.45, 2.75) is 33.1 Å². The van der Waals surface area contributed by atoms with Crippen LogP contribution in [-0.4, -0.2) is 11.1 Å². The Morgan fingerprint density at radius 1 is 1.62 bits per heavy atom. The number of thiophene rings is 1. The van der Waals surface area contributed by atoms with Gasteiger partial charge in [-0.1, -0.05) is 6.92 Å². The van der Waals surface area contributed by atoms with Gasteiger partial charge in [0.25, 0.3) is 0 Å². The second kappa shape index (κ2) is 3.92. The molecule has 13 heavy (non-hydrogen) atoms. The van der Waals surface area contributed by atoms with E-state index in [0.29, 0.717) is 0 Å². The van der Waals surface area contributed by atoms with Crippen LogP contribution >= 0.6 is 11.3 Å². The maximum absolute atomic E-state index is 10.5. The van der Waals surface area contributed by atoms with Crippen LogP contribution in [0.5, 0.6) is 0 Å². The topological polar surface area (TPSA) is 37.3 Å². The standard InChI is InChI=1S/C10H14O2S/c1-6(4-10(11)12)9-5-7(2)13-8(9)3/h5-6H,4H2,1-3H3,(H,11,12)/t6-/m1/s1. The first-order chi connectivity index (χ1) is 6.00. The van der Waals surface area contributed by atoms with E-state index in [0.717, 1.165) is 0 Å². The van der Waals surface area contributed by atoms with Gasteiger partial charge in [-0.2, -0.15) is 0 Å². The van der Waals surface area contributed by atoms with Crippen molar-refractivity contribution in [1.29, 1.82) is 0 Å². The number of aryl methyl sites for hydroxylation is 2. The fraction of sp³-hybridized carbons (Fsp3) is 0.500. The normalized spacial score (nSPS) is 12.8. The lowest BCUT2D eigenvalue weighted by Crippen LogP contribution is -2.02. The molecule has 1 N–H and O–H groups in total. The van der Waals surface area contributed by atoms with Gasteiger partial charge in [-0.05, 0) is 31.4 Å². The Hall–Kier alpha value is -0.830. The predicted octanol–water partition coefficient (Wildman–Crippen LogP) is 2.94. The molecule has 0 unspecified atom stereocenters. The minimum Gasteiger partial charge on any atom is -0.481 e. The first-order valence-corrected chi connectivity index (χ1v) is 5.11. The molecule has 0 bridgehead atoms. The van der Waals surface area contributed by atoms with Gasteiger partial charge in [0.05, 0.1) is 6.42 Å². The SMILES string of the molecule is Cc1cc([C@H](C)CC(=O)O)c(C)s1. The van der Waals surface area contributed by atoms with E-state index in [1.54, 1.807) is 11.3 Å². The molecule has 3 heteroatoms. The molecule has 0 spiro atoms. The highest BCUT2D eigenvalue weighted by molar-refractivity contribution is 7.12. The van der Waals surface area contributed by atoms with Crippen LogP contribution in [0.3, 0.4) is 0 Å². The highest BCUT2D eigenvalue weighted by Gasteiger charge is 2.13. The summed E-state index contributed by atoms with van der Waals surface area (Å²) in [5.74, 6) is -0.599. The molecule has 1 rings (SSSR count). The Bertz CT molecular complexity index is 315. The van der Waals surface area contributed by atoms with E-state index in [-0.39, 0.29) is 12.3 Å². The van der Waals surface area contributed by atoms with Crippen molar-refractivity contribution in [3.8, 4) is 0 Å². The van der Waals surface area contributed by atoms with Crippen molar-refractivity contribution >= 4 is 17.3 Å². The van der Waals surface area contributed by atoms with Gasteiger partial charge in [-0.25, -0.2) is 0 Å². The molecular weight excluding hydrogens is 184 g/mol. The molecule has 1 heterocycles. The van der Waals surface area contributed by atoms with Crippen molar-refractivity contribution in [2.24, 2.45) is 0 Å². The fourth-order valence-corrected chi connectivity index (χ4v) is 2.56. The molecule has 0 saturated carbocycles. The van der Waals surface area contributed by atoms with Gasteiger partial charge in [-0.15, -0.1) is 11.3 Å². The summed E-state index contributed by atoms with van der Waals surface area (Å²) in [7, 11) is 0. The molecular formula is C10H14O2S. The molecule has 72 valence electrons. The summed E-state index contributed by atoms with van der Waals surface area (Å²) >= 11 is 1.73. The third kappa shape index (κ3) is 2.56. The minimum atomic E-state index is -0.726. The number of aliphatic carboxylic acids is 1. The molecule has 1 aromatic heterocycles. The van der Waals surface area contributed by atoms with Crippen LogP contribution in [0.25, 0.3) is 0 Å². The molecule has 0 amide bonds. The predicted molar refractivity (Wildman–Crippen MR) is 54.5 cm³/mol. The number of carbonyl (C=O) groups is 1. The lowest BCUT2D eigenvalue weighted by atomic mass is 9.98. The van der Waals surface area contributed by atoms with Crippen LogP contribution in [0.2, 0.25) is 0 Å². The van der Waals surface area contributed by atoms with Crippen LogP contribution < -0.4 is 0 Å². The zero-order valence-corrected chi connectivity index (χ0v) is 8.94. The van der Waals surface area contributed by atoms with Crippen LogP contribution in [-0.2, 0) is 4.79 Å². The molecule has 2 nitrogen and oxygen atoms in total.